The number of isocyanates is 1. The smallest absolute Gasteiger partial charge is 0.235 e. The molecule has 15 heavy (non-hydrogen) atoms. The number of nitrogens with zero attached hydrogens (tertiary/aromatic N) is 1. The minimum Gasteiger partial charge on any atom is -0.386 e. The Morgan fingerprint density at radius 1 is 1.33 bits per heavy atom. The predicted octanol–water partition coefficient (Wildman–Crippen LogP) is 1.45. The van der Waals surface area contributed by atoms with Crippen LogP contribution in [0.25, 0.3) is 6.08 Å². The number of hydrogen-bond donors (Lipinski definition) is 1. The first-order chi connectivity index (χ1) is 6.83. The third-order valence-corrected chi connectivity index (χ3v) is 2.31. The minimum absolute atomic E-state index is 0. The third kappa shape index (κ3) is 2.29. The molecule has 0 amide bonds. The number of fused-ring (bicyclic) bond motifs is 1. The topological polar surface area (TPSA) is 49.7 Å². The summed E-state index contributed by atoms with van der Waals surface area (Å²) in [5.74, 6) is 0. The zero-order valence-electron chi connectivity index (χ0n) is 7.75. The van der Waals surface area contributed by atoms with E-state index in [2.05, 4.69) is 4.99 Å². The molecule has 4 heteroatoms. The van der Waals surface area contributed by atoms with Crippen LogP contribution in [0.2, 0.25) is 0 Å². The maximum absolute atomic E-state index is 10.1. The molecule has 0 unspecified atom stereocenters. The third-order valence-electron chi connectivity index (χ3n) is 2.31. The van der Waals surface area contributed by atoms with Gasteiger partial charge in [0.1, 0.15) is 12.1 Å². The van der Waals surface area contributed by atoms with E-state index in [-0.39, 0.29) is 19.5 Å². The number of carbonyl (C=O) groups excluding carboxylic acids is 1. The van der Waals surface area contributed by atoms with Crippen LogP contribution in [0, 0.1) is 0 Å². The van der Waals surface area contributed by atoms with Crippen molar-refractivity contribution >= 4 is 12.2 Å². The van der Waals surface area contributed by atoms with Gasteiger partial charge < -0.3 is 5.11 Å². The molecular weight excluding hydrogens is 281 g/mol. The van der Waals surface area contributed by atoms with Crippen LogP contribution < -0.4 is 0 Å². The maximum atomic E-state index is 10.1. The number of aliphatic hydroxyl groups is 1. The number of aliphatic hydroxyl groups excluding tert-OH is 1. The molecule has 1 aromatic rings. The summed E-state index contributed by atoms with van der Waals surface area (Å²) in [4.78, 5) is 13.6. The fraction of sp³-hybridized carbons (Fsp3) is 0.182. The van der Waals surface area contributed by atoms with Crippen LogP contribution >= 0.6 is 0 Å². The summed E-state index contributed by atoms with van der Waals surface area (Å²) < 4.78 is 0. The van der Waals surface area contributed by atoms with Gasteiger partial charge in [-0.05, 0) is 11.1 Å². The predicted molar refractivity (Wildman–Crippen MR) is 52.3 cm³/mol. The summed E-state index contributed by atoms with van der Waals surface area (Å²) in [6.07, 6.45) is 4.29. The van der Waals surface area contributed by atoms with Gasteiger partial charge in [-0.2, -0.15) is 4.99 Å². The normalized spacial score (nSPS) is 22.2. The molecule has 0 heterocycles. The van der Waals surface area contributed by atoms with Gasteiger partial charge in [-0.3, -0.25) is 0 Å². The van der Waals surface area contributed by atoms with Gasteiger partial charge in [-0.15, -0.1) is 0 Å². The molecule has 79 valence electrons. The van der Waals surface area contributed by atoms with Crippen molar-refractivity contribution in [3.05, 3.63) is 41.5 Å². The van der Waals surface area contributed by atoms with Crippen molar-refractivity contribution in [2.24, 2.45) is 4.99 Å². The van der Waals surface area contributed by atoms with Crippen LogP contribution in [-0.4, -0.2) is 17.2 Å². The number of benzene rings is 1. The molecule has 1 aromatic carbocycles. The van der Waals surface area contributed by atoms with Crippen molar-refractivity contribution in [3.8, 4) is 0 Å². The SMILES string of the molecule is O=C=N[C@@H]1C=Cc2ccccc2[C@H]1O.[Rh]. The molecule has 2 rings (SSSR count). The van der Waals surface area contributed by atoms with Gasteiger partial charge in [0, 0.05) is 19.5 Å². The Morgan fingerprint density at radius 3 is 2.80 bits per heavy atom. The van der Waals surface area contributed by atoms with Crippen molar-refractivity contribution < 1.29 is 29.4 Å². The molecule has 1 radical (unpaired) electrons. The molecule has 0 bridgehead atoms. The Balaban J connectivity index is 0.00000112. The number of hydrogen-bond acceptors (Lipinski definition) is 3. The average Bonchev–Trinajstić information content (AvgIpc) is 2.23. The molecule has 1 aliphatic carbocycles. The van der Waals surface area contributed by atoms with E-state index in [1.54, 1.807) is 6.08 Å². The first-order valence-corrected chi connectivity index (χ1v) is 4.35. The van der Waals surface area contributed by atoms with Gasteiger partial charge in [0.05, 0.1) is 0 Å². The zero-order valence-corrected chi connectivity index (χ0v) is 9.39. The molecule has 3 nitrogen and oxygen atoms in total. The van der Waals surface area contributed by atoms with Crippen molar-refractivity contribution in [3.63, 3.8) is 0 Å². The van der Waals surface area contributed by atoms with Crippen molar-refractivity contribution in [1.82, 2.24) is 0 Å². The second kappa shape index (κ2) is 5.13. The van der Waals surface area contributed by atoms with Gasteiger partial charge >= 0.3 is 0 Å². The minimum atomic E-state index is -0.738. The van der Waals surface area contributed by atoms with Crippen LogP contribution in [-0.2, 0) is 24.3 Å². The van der Waals surface area contributed by atoms with Gasteiger partial charge in [0.15, 0.2) is 0 Å². The van der Waals surface area contributed by atoms with Crippen molar-refractivity contribution in [1.29, 1.82) is 0 Å². The molecule has 0 aromatic heterocycles. The second-order valence-corrected chi connectivity index (χ2v) is 3.14. The molecule has 1 aliphatic rings. The summed E-state index contributed by atoms with van der Waals surface area (Å²) in [6.45, 7) is 0. The standard InChI is InChI=1S/C11H9NO2.Rh/c13-7-12-10-6-5-8-3-1-2-4-9(8)11(10)14;/h1-6,10-11,14H;/t10-,11-;/m1./s1. The molecule has 0 aliphatic heterocycles. The Morgan fingerprint density at radius 2 is 2.07 bits per heavy atom. The van der Waals surface area contributed by atoms with E-state index in [1.165, 1.54) is 6.08 Å². The van der Waals surface area contributed by atoms with E-state index in [9.17, 15) is 9.90 Å². The molecule has 2 atom stereocenters. The van der Waals surface area contributed by atoms with Gasteiger partial charge in [-0.25, -0.2) is 4.79 Å². The van der Waals surface area contributed by atoms with Gasteiger partial charge in [-0.1, -0.05) is 36.4 Å². The Bertz CT molecular complexity index is 424. The zero-order chi connectivity index (χ0) is 9.97. The quantitative estimate of drug-likeness (QED) is 0.483. The molecule has 1 N–H and O–H groups in total. The van der Waals surface area contributed by atoms with E-state index >= 15 is 0 Å². The molecule has 0 saturated carbocycles. The van der Waals surface area contributed by atoms with Crippen molar-refractivity contribution in [2.45, 2.75) is 12.1 Å². The van der Waals surface area contributed by atoms with E-state index < -0.39 is 12.1 Å². The fourth-order valence-corrected chi connectivity index (χ4v) is 1.60. The largest absolute Gasteiger partial charge is 0.386 e. The van der Waals surface area contributed by atoms with E-state index in [0.717, 1.165) is 11.1 Å². The summed E-state index contributed by atoms with van der Waals surface area (Å²) in [5.41, 5.74) is 1.77. The van der Waals surface area contributed by atoms with Crippen LogP contribution in [0.3, 0.4) is 0 Å². The van der Waals surface area contributed by atoms with Crippen LogP contribution in [0.1, 0.15) is 17.2 Å². The fourth-order valence-electron chi connectivity index (χ4n) is 1.60. The monoisotopic (exact) mass is 290 g/mol. The van der Waals surface area contributed by atoms with E-state index in [1.807, 2.05) is 30.3 Å². The molecule has 0 saturated heterocycles. The number of rotatable bonds is 1. The van der Waals surface area contributed by atoms with Crippen molar-refractivity contribution in [2.75, 3.05) is 0 Å². The van der Waals surface area contributed by atoms with Crippen LogP contribution in [0.15, 0.2) is 35.3 Å². The Kier molecular flexibility index (Phi) is 4.10. The Hall–Kier alpha value is -1.08. The molecule has 0 spiro atoms. The summed E-state index contributed by atoms with van der Waals surface area (Å²) in [5, 5.41) is 9.83. The van der Waals surface area contributed by atoms with Gasteiger partial charge in [0.25, 0.3) is 0 Å². The molecule has 0 fully saturated rings. The number of aliphatic imine (C=N–C) groups is 1. The Labute approximate surface area is 100 Å². The first-order valence-electron chi connectivity index (χ1n) is 4.35. The van der Waals surface area contributed by atoms with E-state index in [4.69, 9.17) is 0 Å². The summed E-state index contributed by atoms with van der Waals surface area (Å²) >= 11 is 0. The summed E-state index contributed by atoms with van der Waals surface area (Å²) in [7, 11) is 0. The summed E-state index contributed by atoms with van der Waals surface area (Å²) in [6, 6.07) is 7.00. The molecular formula is C11H9NO2Rh. The first kappa shape index (κ1) is 12.0. The van der Waals surface area contributed by atoms with Crippen LogP contribution in [0.5, 0.6) is 0 Å². The van der Waals surface area contributed by atoms with Crippen LogP contribution in [0.4, 0.5) is 0 Å². The average molecular weight is 290 g/mol. The van der Waals surface area contributed by atoms with Gasteiger partial charge in [0.2, 0.25) is 6.08 Å². The van der Waals surface area contributed by atoms with E-state index in [0.29, 0.717) is 0 Å². The second-order valence-electron chi connectivity index (χ2n) is 3.14. The maximum Gasteiger partial charge on any atom is 0.235 e.